The molecule has 3 aromatic rings. The van der Waals surface area contributed by atoms with Gasteiger partial charge in [0.15, 0.2) is 0 Å². The predicted molar refractivity (Wildman–Crippen MR) is 112 cm³/mol. The van der Waals surface area contributed by atoms with Crippen LogP contribution in [0.2, 0.25) is 0 Å². The van der Waals surface area contributed by atoms with Gasteiger partial charge in [-0.05, 0) is 23.6 Å². The minimum absolute atomic E-state index is 0.00746. The molecule has 1 aromatic carbocycles. The number of thiophene rings is 1. The lowest BCUT2D eigenvalue weighted by Gasteiger charge is -2.35. The molecule has 5 nitrogen and oxygen atoms in total. The third kappa shape index (κ3) is 3.52. The highest BCUT2D eigenvalue weighted by Crippen LogP contribution is 2.28. The van der Waals surface area contributed by atoms with Gasteiger partial charge in [0.2, 0.25) is 5.91 Å². The van der Waals surface area contributed by atoms with Gasteiger partial charge in [-0.1, -0.05) is 38.1 Å². The molecule has 1 saturated heterocycles. The third-order valence-electron chi connectivity index (χ3n) is 5.09. The Morgan fingerprint density at radius 3 is 2.39 bits per heavy atom. The van der Waals surface area contributed by atoms with Crippen LogP contribution in [0.1, 0.15) is 24.2 Å². The molecule has 2 aromatic heterocycles. The Bertz CT molecular complexity index is 1010. The van der Waals surface area contributed by atoms with Crippen LogP contribution in [0.15, 0.2) is 47.8 Å². The van der Waals surface area contributed by atoms with Gasteiger partial charge >= 0.3 is 0 Å². The number of benzene rings is 1. The lowest BCUT2D eigenvalue weighted by Crippen LogP contribution is -2.51. The number of rotatable bonds is 3. The number of nitrogens with zero attached hydrogens (tertiary/aromatic N) is 3. The second kappa shape index (κ2) is 7.72. The van der Waals surface area contributed by atoms with E-state index in [9.17, 15) is 9.59 Å². The van der Waals surface area contributed by atoms with Gasteiger partial charge in [0.25, 0.3) is 5.91 Å². The van der Waals surface area contributed by atoms with Crippen LogP contribution in [0.4, 0.5) is 0 Å². The normalized spacial score (nSPS) is 14.7. The third-order valence-corrected chi connectivity index (χ3v) is 5.99. The number of hydrogen-bond acceptors (Lipinski definition) is 4. The summed E-state index contributed by atoms with van der Waals surface area (Å²) in [5.74, 6) is 0.147. The van der Waals surface area contributed by atoms with Crippen LogP contribution < -0.4 is 0 Å². The van der Waals surface area contributed by atoms with Gasteiger partial charge in [0.1, 0.15) is 0 Å². The molecule has 3 heterocycles. The fourth-order valence-electron chi connectivity index (χ4n) is 3.57. The summed E-state index contributed by atoms with van der Waals surface area (Å²) in [6.07, 6.45) is 0. The summed E-state index contributed by atoms with van der Waals surface area (Å²) < 4.78 is 0. The molecule has 0 bridgehead atoms. The topological polar surface area (TPSA) is 53.5 Å². The molecule has 0 atom stereocenters. The molecular weight excluding hydrogens is 370 g/mol. The number of piperazine rings is 1. The first-order chi connectivity index (χ1) is 13.5. The Morgan fingerprint density at radius 2 is 1.71 bits per heavy atom. The number of aromatic nitrogens is 1. The Kier molecular flexibility index (Phi) is 5.13. The minimum Gasteiger partial charge on any atom is -0.339 e. The molecule has 2 amide bonds. The van der Waals surface area contributed by atoms with Crippen molar-refractivity contribution in [1.82, 2.24) is 14.8 Å². The molecule has 0 aliphatic carbocycles. The van der Waals surface area contributed by atoms with Crippen molar-refractivity contribution >= 4 is 34.1 Å². The molecule has 6 heteroatoms. The van der Waals surface area contributed by atoms with Crippen LogP contribution in [0.25, 0.3) is 21.5 Å². The van der Waals surface area contributed by atoms with Crippen molar-refractivity contribution in [3.63, 3.8) is 0 Å². The van der Waals surface area contributed by atoms with Crippen molar-refractivity contribution in [3.8, 4) is 10.6 Å². The zero-order valence-corrected chi connectivity index (χ0v) is 16.9. The summed E-state index contributed by atoms with van der Waals surface area (Å²) >= 11 is 1.62. The van der Waals surface area contributed by atoms with E-state index in [0.29, 0.717) is 31.7 Å². The second-order valence-electron chi connectivity index (χ2n) is 7.32. The maximum Gasteiger partial charge on any atom is 0.254 e. The molecule has 4 rings (SSSR count). The Morgan fingerprint density at radius 1 is 1.00 bits per heavy atom. The summed E-state index contributed by atoms with van der Waals surface area (Å²) in [5.41, 5.74) is 2.33. The molecule has 0 N–H and O–H groups in total. The van der Waals surface area contributed by atoms with Gasteiger partial charge in [-0.3, -0.25) is 9.59 Å². The number of pyridine rings is 1. The summed E-state index contributed by atoms with van der Waals surface area (Å²) in [4.78, 5) is 35.1. The van der Waals surface area contributed by atoms with E-state index in [4.69, 9.17) is 4.98 Å². The van der Waals surface area contributed by atoms with Gasteiger partial charge in [0.05, 0.1) is 21.7 Å². The van der Waals surface area contributed by atoms with Crippen molar-refractivity contribution in [1.29, 1.82) is 0 Å². The monoisotopic (exact) mass is 393 g/mol. The van der Waals surface area contributed by atoms with Gasteiger partial charge in [-0.15, -0.1) is 11.3 Å². The summed E-state index contributed by atoms with van der Waals surface area (Å²) in [5, 5.41) is 2.88. The first-order valence-electron chi connectivity index (χ1n) is 9.56. The Hall–Kier alpha value is -2.73. The van der Waals surface area contributed by atoms with E-state index in [1.807, 2.05) is 71.5 Å². The Labute approximate surface area is 168 Å². The molecule has 1 fully saturated rings. The van der Waals surface area contributed by atoms with E-state index in [1.165, 1.54) is 0 Å². The molecular formula is C22H23N3O2S. The van der Waals surface area contributed by atoms with Gasteiger partial charge in [-0.2, -0.15) is 0 Å². The van der Waals surface area contributed by atoms with Gasteiger partial charge in [0, 0.05) is 37.5 Å². The van der Waals surface area contributed by atoms with Crippen LogP contribution in [0.5, 0.6) is 0 Å². The van der Waals surface area contributed by atoms with E-state index >= 15 is 0 Å². The Balaban J connectivity index is 1.63. The maximum atomic E-state index is 13.3. The van der Waals surface area contributed by atoms with Crippen molar-refractivity contribution in [2.24, 2.45) is 5.92 Å². The van der Waals surface area contributed by atoms with E-state index in [2.05, 4.69) is 0 Å². The largest absolute Gasteiger partial charge is 0.339 e. The average Bonchev–Trinajstić information content (AvgIpc) is 3.27. The highest BCUT2D eigenvalue weighted by atomic mass is 32.1. The molecule has 0 unspecified atom stereocenters. The SMILES string of the molecule is CC(C)C(=O)N1CCN(C(=O)c2cc(-c3cccs3)nc3ccccc23)CC1. The maximum absolute atomic E-state index is 13.3. The number of fused-ring (bicyclic) bond motifs is 1. The standard InChI is InChI=1S/C22H23N3O2S/c1-15(2)21(26)24-9-11-25(12-10-24)22(27)17-14-19(20-8-5-13-28-20)23-18-7-4-3-6-16(17)18/h3-8,13-15H,9-12H2,1-2H3. The van der Waals surface area contributed by atoms with E-state index in [1.54, 1.807) is 11.3 Å². The van der Waals surface area contributed by atoms with Crippen LogP contribution in [-0.2, 0) is 4.79 Å². The number of carbonyl (C=O) groups is 2. The number of carbonyl (C=O) groups excluding carboxylic acids is 2. The van der Waals surface area contributed by atoms with Crippen LogP contribution in [0, 0.1) is 5.92 Å². The van der Waals surface area contributed by atoms with Crippen LogP contribution >= 0.6 is 11.3 Å². The number of hydrogen-bond donors (Lipinski definition) is 0. The van der Waals surface area contributed by atoms with Crippen molar-refractivity contribution < 1.29 is 9.59 Å². The quantitative estimate of drug-likeness (QED) is 0.678. The van der Waals surface area contributed by atoms with Crippen molar-refractivity contribution in [2.45, 2.75) is 13.8 Å². The van der Waals surface area contributed by atoms with Gasteiger partial charge in [-0.25, -0.2) is 4.98 Å². The molecule has 144 valence electrons. The second-order valence-corrected chi connectivity index (χ2v) is 8.27. The summed E-state index contributed by atoms with van der Waals surface area (Å²) in [7, 11) is 0. The van der Waals surface area contributed by atoms with Crippen molar-refractivity contribution in [3.05, 3.63) is 53.4 Å². The molecule has 28 heavy (non-hydrogen) atoms. The lowest BCUT2D eigenvalue weighted by atomic mass is 10.0. The van der Waals surface area contributed by atoms with E-state index < -0.39 is 0 Å². The zero-order valence-electron chi connectivity index (χ0n) is 16.1. The lowest BCUT2D eigenvalue weighted by molar-refractivity contribution is -0.135. The molecule has 0 saturated carbocycles. The van der Waals surface area contributed by atoms with Crippen LogP contribution in [0.3, 0.4) is 0 Å². The first kappa shape index (κ1) is 18.6. The summed E-state index contributed by atoms with van der Waals surface area (Å²) in [6.45, 7) is 6.11. The molecule has 0 radical (unpaired) electrons. The number of amides is 2. The van der Waals surface area contributed by atoms with Gasteiger partial charge < -0.3 is 9.80 Å². The fourth-order valence-corrected chi connectivity index (χ4v) is 4.25. The smallest absolute Gasteiger partial charge is 0.254 e. The van der Waals surface area contributed by atoms with E-state index in [-0.39, 0.29) is 17.7 Å². The highest BCUT2D eigenvalue weighted by Gasteiger charge is 2.27. The summed E-state index contributed by atoms with van der Waals surface area (Å²) in [6, 6.07) is 13.7. The fraction of sp³-hybridized carbons (Fsp3) is 0.318. The number of para-hydroxylation sites is 1. The molecule has 1 aliphatic rings. The van der Waals surface area contributed by atoms with E-state index in [0.717, 1.165) is 21.5 Å². The molecule has 0 spiro atoms. The van der Waals surface area contributed by atoms with Crippen molar-refractivity contribution in [2.75, 3.05) is 26.2 Å². The highest BCUT2D eigenvalue weighted by molar-refractivity contribution is 7.13. The average molecular weight is 394 g/mol. The first-order valence-corrected chi connectivity index (χ1v) is 10.4. The zero-order chi connectivity index (χ0) is 19.7. The minimum atomic E-state index is -0.0141. The molecule has 1 aliphatic heterocycles. The predicted octanol–water partition coefficient (Wildman–Crippen LogP) is 3.90. The van der Waals surface area contributed by atoms with Crippen LogP contribution in [-0.4, -0.2) is 52.8 Å².